The molecule has 2 atom stereocenters. The Hall–Kier alpha value is -2.52. The van der Waals surface area contributed by atoms with E-state index in [0.29, 0.717) is 24.6 Å². The zero-order valence-corrected chi connectivity index (χ0v) is 19.7. The first kappa shape index (κ1) is 25.7. The van der Waals surface area contributed by atoms with E-state index in [1.807, 2.05) is 19.9 Å². The van der Waals surface area contributed by atoms with Gasteiger partial charge in [0.2, 0.25) is 0 Å². The number of rotatable bonds is 2. The smallest absolute Gasteiger partial charge is 0.323 e. The van der Waals surface area contributed by atoms with Crippen molar-refractivity contribution < 1.29 is 13.6 Å². The van der Waals surface area contributed by atoms with Crippen molar-refractivity contribution in [3.63, 3.8) is 0 Å². The molecule has 0 saturated carbocycles. The van der Waals surface area contributed by atoms with E-state index in [9.17, 15) is 13.6 Å². The van der Waals surface area contributed by atoms with Gasteiger partial charge in [0.05, 0.1) is 11.3 Å². The molecule has 0 aromatic heterocycles. The molecule has 32 heavy (non-hydrogen) atoms. The lowest BCUT2D eigenvalue weighted by Crippen LogP contribution is -2.45. The molecule has 3 aliphatic rings. The van der Waals surface area contributed by atoms with Crippen LogP contribution < -0.4 is 16.4 Å². The quantitative estimate of drug-likeness (QED) is 0.498. The van der Waals surface area contributed by atoms with E-state index < -0.39 is 11.6 Å². The van der Waals surface area contributed by atoms with E-state index in [1.54, 1.807) is 34.4 Å². The minimum absolute atomic E-state index is 0.111. The van der Waals surface area contributed by atoms with Crippen molar-refractivity contribution in [2.75, 3.05) is 19.3 Å². The van der Waals surface area contributed by atoms with Crippen LogP contribution in [0.3, 0.4) is 0 Å². The monoisotopic (exact) mass is 465 g/mol. The Morgan fingerprint density at radius 2 is 1.88 bits per heavy atom. The highest BCUT2D eigenvalue weighted by Gasteiger charge is 2.33. The molecule has 4 N–H and O–H groups in total. The van der Waals surface area contributed by atoms with Gasteiger partial charge in [0.1, 0.15) is 23.6 Å². The summed E-state index contributed by atoms with van der Waals surface area (Å²) in [6.07, 6.45) is 10.7. The number of amides is 2. The number of carbonyl (C=O) groups is 1. The lowest BCUT2D eigenvalue weighted by Gasteiger charge is -2.33. The van der Waals surface area contributed by atoms with Crippen molar-refractivity contribution >= 4 is 24.4 Å². The Labute approximate surface area is 194 Å². The van der Waals surface area contributed by atoms with Gasteiger partial charge in [0.25, 0.3) is 0 Å². The molecule has 1 fully saturated rings. The van der Waals surface area contributed by atoms with Crippen molar-refractivity contribution in [2.45, 2.75) is 45.3 Å². The van der Waals surface area contributed by atoms with Crippen molar-refractivity contribution in [1.82, 2.24) is 20.4 Å². The lowest BCUT2D eigenvalue weighted by atomic mass is 10.1. The summed E-state index contributed by atoms with van der Waals surface area (Å²) in [5.74, 6) is -0.861. The molecule has 0 bridgehead atoms. The number of nitrogens with zero attached hydrogens (tertiary/aromatic N) is 2. The van der Waals surface area contributed by atoms with E-state index in [0.717, 1.165) is 19.3 Å². The van der Waals surface area contributed by atoms with Crippen LogP contribution in [0, 0.1) is 11.6 Å². The molecule has 1 saturated heterocycles. The van der Waals surface area contributed by atoms with E-state index >= 15 is 0 Å². The SMILES string of the molecule is CC.CS.N[C@H]1CCCN(C(=O)NC2=CNC3C=CC=C(c4c(F)cccc4F)N23)CC1. The van der Waals surface area contributed by atoms with Crippen molar-refractivity contribution in [2.24, 2.45) is 5.73 Å². The van der Waals surface area contributed by atoms with Crippen LogP contribution in [-0.2, 0) is 0 Å². The van der Waals surface area contributed by atoms with Crippen LogP contribution in [0.2, 0.25) is 0 Å². The molecule has 0 spiro atoms. The Morgan fingerprint density at radius 1 is 1.19 bits per heavy atom. The highest BCUT2D eigenvalue weighted by atomic mass is 32.1. The summed E-state index contributed by atoms with van der Waals surface area (Å²) in [5, 5.41) is 5.99. The van der Waals surface area contributed by atoms with Crippen LogP contribution in [-0.4, -0.2) is 47.4 Å². The van der Waals surface area contributed by atoms with Gasteiger partial charge in [0, 0.05) is 25.3 Å². The number of allylic oxidation sites excluding steroid dienone is 2. The fraction of sp³-hybridized carbons (Fsp3) is 0.435. The molecule has 0 radical (unpaired) electrons. The summed E-state index contributed by atoms with van der Waals surface area (Å²) in [7, 11) is 0. The zero-order valence-electron chi connectivity index (χ0n) is 18.8. The number of benzene rings is 1. The molecule has 9 heteroatoms. The number of likely N-dealkylation sites (tertiary alicyclic amines) is 1. The topological polar surface area (TPSA) is 73.6 Å². The Morgan fingerprint density at radius 3 is 2.56 bits per heavy atom. The second-order valence-corrected chi connectivity index (χ2v) is 7.15. The maximum Gasteiger partial charge on any atom is 0.323 e. The molecule has 3 heterocycles. The van der Waals surface area contributed by atoms with Gasteiger partial charge in [-0.1, -0.05) is 26.0 Å². The largest absolute Gasteiger partial charge is 0.365 e. The Kier molecular flexibility index (Phi) is 10.1. The molecule has 1 aromatic carbocycles. The van der Waals surface area contributed by atoms with Gasteiger partial charge in [-0.15, -0.1) is 0 Å². The lowest BCUT2D eigenvalue weighted by molar-refractivity contribution is 0.199. The molecular formula is C23H33F2N5OS. The van der Waals surface area contributed by atoms with Crippen LogP contribution in [0.4, 0.5) is 13.6 Å². The van der Waals surface area contributed by atoms with E-state index in [1.165, 1.54) is 18.2 Å². The van der Waals surface area contributed by atoms with Crippen molar-refractivity contribution in [3.05, 3.63) is 65.6 Å². The van der Waals surface area contributed by atoms with Crippen LogP contribution >= 0.6 is 12.6 Å². The number of fused-ring (bicyclic) bond motifs is 1. The van der Waals surface area contributed by atoms with E-state index in [4.69, 9.17) is 5.73 Å². The highest BCUT2D eigenvalue weighted by Crippen LogP contribution is 2.33. The van der Waals surface area contributed by atoms with Gasteiger partial charge >= 0.3 is 6.03 Å². The first-order chi connectivity index (χ1) is 15.5. The number of halogens is 2. The molecule has 3 aliphatic heterocycles. The maximum absolute atomic E-state index is 14.4. The second-order valence-electron chi connectivity index (χ2n) is 7.15. The summed E-state index contributed by atoms with van der Waals surface area (Å²) in [6.45, 7) is 5.22. The molecule has 4 rings (SSSR count). The second kappa shape index (κ2) is 12.5. The minimum Gasteiger partial charge on any atom is -0.365 e. The molecule has 6 nitrogen and oxygen atoms in total. The number of urea groups is 1. The van der Waals surface area contributed by atoms with Gasteiger partial charge in [-0.3, -0.25) is 5.32 Å². The number of carbonyl (C=O) groups excluding carboxylic acids is 1. The zero-order chi connectivity index (χ0) is 23.7. The standard InChI is InChI=1S/C20H23F2N5O.C2H6.CH4S/c21-14-5-1-6-15(22)19(14)16-7-2-8-17-24-12-18(27(16)17)25-20(28)26-10-3-4-13(23)9-11-26;2*1-2/h1-2,5-8,12-13,17,24H,3-4,9-11,23H2,(H,25,28);1-2H3;2H,1H3/t13-,17?;;/m0../s1. The predicted octanol–water partition coefficient (Wildman–Crippen LogP) is 4.00. The third-order valence-corrected chi connectivity index (χ3v) is 5.25. The van der Waals surface area contributed by atoms with Gasteiger partial charge in [-0.25, -0.2) is 13.6 Å². The van der Waals surface area contributed by atoms with Crippen LogP contribution in [0.1, 0.15) is 38.7 Å². The van der Waals surface area contributed by atoms with Crippen LogP contribution in [0.25, 0.3) is 5.70 Å². The Bertz CT molecular complexity index is 854. The number of nitrogens with two attached hydrogens (primary N) is 1. The average molecular weight is 466 g/mol. The van der Waals surface area contributed by atoms with Gasteiger partial charge in [-0.2, -0.15) is 12.6 Å². The summed E-state index contributed by atoms with van der Waals surface area (Å²) in [6, 6.07) is 3.64. The van der Waals surface area contributed by atoms with Crippen molar-refractivity contribution in [3.8, 4) is 0 Å². The predicted molar refractivity (Wildman–Crippen MR) is 129 cm³/mol. The van der Waals surface area contributed by atoms with Gasteiger partial charge in [-0.05, 0) is 49.8 Å². The summed E-state index contributed by atoms with van der Waals surface area (Å²) < 4.78 is 28.8. The number of thiol groups is 1. The van der Waals surface area contributed by atoms with Crippen molar-refractivity contribution in [1.29, 1.82) is 0 Å². The molecule has 1 aromatic rings. The van der Waals surface area contributed by atoms with E-state index in [2.05, 4.69) is 23.3 Å². The minimum atomic E-state index is -0.653. The number of hydrogen-bond acceptors (Lipinski definition) is 5. The maximum atomic E-state index is 14.4. The van der Waals surface area contributed by atoms with Crippen LogP contribution in [0.15, 0.2) is 48.4 Å². The summed E-state index contributed by atoms with van der Waals surface area (Å²) >= 11 is 3.53. The first-order valence-electron chi connectivity index (χ1n) is 10.9. The summed E-state index contributed by atoms with van der Waals surface area (Å²) in [5.41, 5.74) is 6.21. The molecule has 0 aliphatic carbocycles. The molecular weight excluding hydrogens is 432 g/mol. The highest BCUT2D eigenvalue weighted by molar-refractivity contribution is 7.79. The first-order valence-corrected chi connectivity index (χ1v) is 11.8. The Balaban J connectivity index is 0.000000860. The molecule has 176 valence electrons. The third-order valence-electron chi connectivity index (χ3n) is 5.25. The van der Waals surface area contributed by atoms with Gasteiger partial charge < -0.3 is 20.9 Å². The van der Waals surface area contributed by atoms with Crippen LogP contribution in [0.5, 0.6) is 0 Å². The third kappa shape index (κ3) is 5.83. The summed E-state index contributed by atoms with van der Waals surface area (Å²) in [4.78, 5) is 16.2. The molecule has 1 unspecified atom stereocenters. The normalized spacial score (nSPS) is 21.5. The number of nitrogens with one attached hydrogen (secondary N) is 2. The fourth-order valence-electron chi connectivity index (χ4n) is 3.77. The van der Waals surface area contributed by atoms with E-state index in [-0.39, 0.29) is 23.8 Å². The average Bonchev–Trinajstić information content (AvgIpc) is 3.08. The van der Waals surface area contributed by atoms with Gasteiger partial charge in [0.15, 0.2) is 0 Å². The number of hydrogen-bond donors (Lipinski definition) is 4. The molecule has 2 amide bonds. The fourth-order valence-corrected chi connectivity index (χ4v) is 3.77.